The van der Waals surface area contributed by atoms with E-state index in [4.69, 9.17) is 26.5 Å². The van der Waals surface area contributed by atoms with Crippen molar-refractivity contribution in [3.05, 3.63) is 101 Å². The zero-order chi connectivity index (χ0) is 34.6. The molecule has 0 bridgehead atoms. The van der Waals surface area contributed by atoms with Gasteiger partial charge in [0, 0.05) is 34.1 Å². The molecule has 3 fully saturated rings. The Bertz CT molecular complexity index is 1780. The van der Waals surface area contributed by atoms with Crippen LogP contribution < -0.4 is 5.32 Å². The van der Waals surface area contributed by atoms with Crippen LogP contribution in [-0.2, 0) is 16.9 Å². The van der Waals surface area contributed by atoms with Crippen molar-refractivity contribution in [2.24, 2.45) is 0 Å². The van der Waals surface area contributed by atoms with Crippen LogP contribution in [0.3, 0.4) is 0 Å². The van der Waals surface area contributed by atoms with Gasteiger partial charge in [-0.05, 0) is 88.5 Å². The third-order valence-corrected chi connectivity index (χ3v) is 10.1. The predicted octanol–water partition coefficient (Wildman–Crippen LogP) is 8.06. The van der Waals surface area contributed by atoms with Gasteiger partial charge >= 0.3 is 12.1 Å². The number of fused-ring (bicyclic) bond motifs is 1. The molecular formula is C38H40ClF3N4O3. The maximum Gasteiger partial charge on any atom is 0.490 e. The van der Waals surface area contributed by atoms with Gasteiger partial charge in [-0.3, -0.25) is 9.69 Å². The number of pyridine rings is 1. The summed E-state index contributed by atoms with van der Waals surface area (Å²) in [6.45, 7) is 5.22. The maximum absolute atomic E-state index is 14.5. The average Bonchev–Trinajstić information content (AvgIpc) is 3.89. The zero-order valence-electron chi connectivity index (χ0n) is 27.2. The first kappa shape index (κ1) is 34.9. The number of rotatable bonds is 7. The summed E-state index contributed by atoms with van der Waals surface area (Å²) >= 11 is 6.49. The van der Waals surface area contributed by atoms with Gasteiger partial charge in [-0.25, -0.2) is 9.78 Å². The van der Waals surface area contributed by atoms with Crippen LogP contribution in [-0.4, -0.2) is 70.2 Å². The number of hydrogen-bond donors (Lipinski definition) is 2. The molecule has 1 aliphatic carbocycles. The minimum atomic E-state index is -5.08. The van der Waals surface area contributed by atoms with E-state index in [0.29, 0.717) is 17.6 Å². The van der Waals surface area contributed by atoms with E-state index in [1.807, 2.05) is 48.5 Å². The van der Waals surface area contributed by atoms with Crippen LogP contribution in [0, 0.1) is 0 Å². The third-order valence-electron chi connectivity index (χ3n) is 9.84. The minimum Gasteiger partial charge on any atom is -0.475 e. The standard InChI is InChI=1S/C36H39ClN4O.C2HF3O2/c37-28-13-9-10-26(24-28)34-31(25-40-22-16-29(17-23-40)41-20-7-2-8-21-41)33(30-14-5-6-15-32(30)38-34)35(42)39-36(18-19-36)27-11-3-1-4-12-27;3-2(4,5)1(6)7/h1,3-6,9-15,24,29H,2,7-8,16-23,25H2,(H,39,42);(H,6,7). The summed E-state index contributed by atoms with van der Waals surface area (Å²) < 4.78 is 31.7. The number of likely N-dealkylation sites (tertiary alicyclic amines) is 2. The fourth-order valence-electron chi connectivity index (χ4n) is 7.14. The second-order valence-electron chi connectivity index (χ2n) is 13.2. The number of amides is 1. The Morgan fingerprint density at radius 1 is 0.898 bits per heavy atom. The second kappa shape index (κ2) is 14.9. The Balaban J connectivity index is 0.000000540. The van der Waals surface area contributed by atoms with E-state index in [1.54, 1.807) is 0 Å². The van der Waals surface area contributed by atoms with Crippen LogP contribution in [0.2, 0.25) is 5.02 Å². The largest absolute Gasteiger partial charge is 0.490 e. The minimum absolute atomic E-state index is 0.0172. The Morgan fingerprint density at radius 3 is 2.18 bits per heavy atom. The number of nitrogens with one attached hydrogen (secondary N) is 1. The maximum atomic E-state index is 14.5. The lowest BCUT2D eigenvalue weighted by Crippen LogP contribution is -2.46. The Hall–Kier alpha value is -3.99. The van der Waals surface area contributed by atoms with Crippen LogP contribution in [0.1, 0.15) is 66.4 Å². The van der Waals surface area contributed by atoms with Gasteiger partial charge in [-0.1, -0.05) is 78.7 Å². The molecule has 0 spiro atoms. The van der Waals surface area contributed by atoms with Crippen LogP contribution in [0.25, 0.3) is 22.2 Å². The molecule has 2 N–H and O–H groups in total. The first-order valence-corrected chi connectivity index (χ1v) is 17.2. The molecule has 0 unspecified atom stereocenters. The molecule has 1 aromatic heterocycles. The van der Waals surface area contributed by atoms with Gasteiger partial charge in [0.1, 0.15) is 0 Å². The highest BCUT2D eigenvalue weighted by atomic mass is 35.5. The first-order chi connectivity index (χ1) is 23.5. The summed E-state index contributed by atoms with van der Waals surface area (Å²) in [5, 5.41) is 12.2. The molecule has 49 heavy (non-hydrogen) atoms. The van der Waals surface area contributed by atoms with E-state index >= 15 is 0 Å². The second-order valence-corrected chi connectivity index (χ2v) is 13.6. The van der Waals surface area contributed by atoms with Gasteiger partial charge in [0.05, 0.1) is 22.3 Å². The summed E-state index contributed by atoms with van der Waals surface area (Å²) in [4.78, 5) is 33.8. The van der Waals surface area contributed by atoms with E-state index < -0.39 is 12.1 Å². The smallest absolute Gasteiger partial charge is 0.475 e. The highest BCUT2D eigenvalue weighted by Crippen LogP contribution is 2.46. The molecule has 1 saturated carbocycles. The van der Waals surface area contributed by atoms with E-state index in [0.717, 1.165) is 59.2 Å². The van der Waals surface area contributed by atoms with E-state index in [9.17, 15) is 18.0 Å². The Morgan fingerprint density at radius 2 is 1.55 bits per heavy atom. The predicted molar refractivity (Wildman–Crippen MR) is 184 cm³/mol. The molecule has 0 atom stereocenters. The lowest BCUT2D eigenvalue weighted by atomic mass is 9.93. The van der Waals surface area contributed by atoms with Crippen LogP contribution in [0.5, 0.6) is 0 Å². The molecule has 7 nitrogen and oxygen atoms in total. The molecule has 258 valence electrons. The fraction of sp³-hybridized carbons (Fsp3) is 0.395. The van der Waals surface area contributed by atoms with Crippen molar-refractivity contribution < 1.29 is 27.9 Å². The number of halogens is 4. The monoisotopic (exact) mass is 692 g/mol. The number of para-hydroxylation sites is 1. The van der Waals surface area contributed by atoms with Crippen LogP contribution in [0.4, 0.5) is 13.2 Å². The summed E-state index contributed by atoms with van der Waals surface area (Å²) in [6, 6.07) is 27.0. The van der Waals surface area contributed by atoms with Crippen molar-refractivity contribution in [3.8, 4) is 11.3 Å². The lowest BCUT2D eigenvalue weighted by molar-refractivity contribution is -0.192. The summed E-state index contributed by atoms with van der Waals surface area (Å²) in [5.74, 6) is -2.77. The van der Waals surface area contributed by atoms with Gasteiger partial charge in [0.15, 0.2) is 0 Å². The molecule has 4 aromatic rings. The topological polar surface area (TPSA) is 85.8 Å². The molecule has 3 heterocycles. The van der Waals surface area contributed by atoms with Crippen molar-refractivity contribution in [2.45, 2.75) is 69.2 Å². The number of hydrogen-bond acceptors (Lipinski definition) is 5. The van der Waals surface area contributed by atoms with Gasteiger partial charge < -0.3 is 15.3 Å². The number of carbonyl (C=O) groups excluding carboxylic acids is 1. The number of piperidine rings is 2. The number of alkyl halides is 3. The van der Waals surface area contributed by atoms with E-state index in [2.05, 4.69) is 45.4 Å². The first-order valence-electron chi connectivity index (χ1n) is 16.9. The zero-order valence-corrected chi connectivity index (χ0v) is 27.9. The number of carboxylic acid groups (broad SMARTS) is 1. The van der Waals surface area contributed by atoms with Crippen molar-refractivity contribution in [1.82, 2.24) is 20.1 Å². The fourth-order valence-corrected chi connectivity index (χ4v) is 7.33. The quantitative estimate of drug-likeness (QED) is 0.204. The average molecular weight is 693 g/mol. The number of aliphatic carboxylic acids is 1. The molecule has 2 aliphatic heterocycles. The molecule has 1 amide bonds. The van der Waals surface area contributed by atoms with Gasteiger partial charge in [0.25, 0.3) is 5.91 Å². The molecule has 11 heteroatoms. The summed E-state index contributed by atoms with van der Waals surface area (Å²) in [6.07, 6.45) is 3.19. The van der Waals surface area contributed by atoms with Crippen molar-refractivity contribution in [3.63, 3.8) is 0 Å². The summed E-state index contributed by atoms with van der Waals surface area (Å²) in [7, 11) is 0. The van der Waals surface area contributed by atoms with Crippen LogP contribution >= 0.6 is 11.6 Å². The number of aromatic nitrogens is 1. The van der Waals surface area contributed by atoms with E-state index in [-0.39, 0.29) is 11.4 Å². The number of nitrogens with zero attached hydrogens (tertiary/aromatic N) is 3. The highest BCUT2D eigenvalue weighted by molar-refractivity contribution is 6.30. The molecular weight excluding hydrogens is 653 g/mol. The van der Waals surface area contributed by atoms with E-state index in [1.165, 1.54) is 50.8 Å². The van der Waals surface area contributed by atoms with Gasteiger partial charge in [-0.2, -0.15) is 13.2 Å². The van der Waals surface area contributed by atoms with Crippen molar-refractivity contribution in [2.75, 3.05) is 26.2 Å². The SMILES string of the molecule is O=C(NC1(c2ccccc2)CC1)c1c(CN2CCC(N3CCCCC3)CC2)c(-c2cccc(Cl)c2)nc2ccccc12.O=C(O)C(F)(F)F. The van der Waals surface area contributed by atoms with Crippen molar-refractivity contribution >= 4 is 34.4 Å². The Labute approximate surface area is 289 Å². The van der Waals surface area contributed by atoms with Gasteiger partial charge in [0.2, 0.25) is 0 Å². The van der Waals surface area contributed by atoms with Crippen molar-refractivity contribution in [1.29, 1.82) is 0 Å². The molecule has 0 radical (unpaired) electrons. The van der Waals surface area contributed by atoms with Crippen LogP contribution in [0.15, 0.2) is 78.9 Å². The molecule has 2 saturated heterocycles. The number of carboxylic acids is 1. The molecule has 7 rings (SSSR count). The number of carbonyl (C=O) groups is 2. The number of benzene rings is 3. The molecule has 3 aromatic carbocycles. The van der Waals surface area contributed by atoms with Gasteiger partial charge in [-0.15, -0.1) is 0 Å². The highest BCUT2D eigenvalue weighted by Gasteiger charge is 2.46. The third kappa shape index (κ3) is 8.25. The Kier molecular flexibility index (Phi) is 10.6. The molecule has 3 aliphatic rings. The summed E-state index contributed by atoms with van der Waals surface area (Å²) in [5.41, 5.74) is 5.24. The normalized spacial score (nSPS) is 18.4. The lowest BCUT2D eigenvalue weighted by Gasteiger charge is -2.40.